The second-order valence-electron chi connectivity index (χ2n) is 7.69. The number of aromatic nitrogens is 1. The topological polar surface area (TPSA) is 153 Å². The number of non-ortho nitro benzene ring substituents is 1. The number of rotatable bonds is 11. The zero-order valence-electron chi connectivity index (χ0n) is 20.3. The van der Waals surface area contributed by atoms with E-state index in [0.717, 1.165) is 0 Å². The Morgan fingerprint density at radius 1 is 0.946 bits per heavy atom. The van der Waals surface area contributed by atoms with Crippen molar-refractivity contribution in [2.45, 2.75) is 19.9 Å². The number of carbonyl (C=O) groups is 3. The number of ketones is 1. The molecule has 0 saturated carbocycles. The van der Waals surface area contributed by atoms with Crippen LogP contribution in [0.3, 0.4) is 0 Å². The number of nitrogens with zero attached hydrogens (tertiary/aromatic N) is 2. The molecule has 0 unspecified atom stereocenters. The average Bonchev–Trinajstić information content (AvgIpc) is 2.91. The second kappa shape index (κ2) is 11.8. The van der Waals surface area contributed by atoms with E-state index < -0.39 is 22.4 Å². The lowest BCUT2D eigenvalue weighted by atomic mass is 10.1. The van der Waals surface area contributed by atoms with E-state index in [0.29, 0.717) is 10.9 Å². The fraction of sp³-hybridized carbons (Fsp3) is 0.280. The van der Waals surface area contributed by atoms with Crippen LogP contribution in [0, 0.1) is 10.1 Å². The van der Waals surface area contributed by atoms with Gasteiger partial charge in [0.05, 0.1) is 42.3 Å². The van der Waals surface area contributed by atoms with Gasteiger partial charge < -0.3 is 23.5 Å². The van der Waals surface area contributed by atoms with Crippen LogP contribution in [-0.2, 0) is 20.8 Å². The first kappa shape index (κ1) is 26.9. The number of nitro groups is 1. The normalized spacial score (nSPS) is 10.6. The molecule has 0 bridgehead atoms. The van der Waals surface area contributed by atoms with Gasteiger partial charge in [-0.1, -0.05) is 6.92 Å². The van der Waals surface area contributed by atoms with E-state index in [-0.39, 0.29) is 60.3 Å². The highest BCUT2D eigenvalue weighted by Crippen LogP contribution is 2.24. The number of fused-ring (bicyclic) bond motifs is 1. The van der Waals surface area contributed by atoms with Crippen molar-refractivity contribution in [2.75, 3.05) is 27.4 Å². The summed E-state index contributed by atoms with van der Waals surface area (Å²) in [5, 5.41) is 11.6. The predicted octanol–water partition coefficient (Wildman–Crippen LogP) is 2.92. The predicted molar refractivity (Wildman–Crippen MR) is 130 cm³/mol. The van der Waals surface area contributed by atoms with Crippen LogP contribution in [0.1, 0.15) is 34.1 Å². The molecule has 0 radical (unpaired) electrons. The lowest BCUT2D eigenvalue weighted by molar-refractivity contribution is -0.384. The highest BCUT2D eigenvalue weighted by molar-refractivity contribution is 6.03. The molecule has 194 valence electrons. The number of Topliss-reactive ketones (excluding diaryl/α,β-unsaturated/α-hetero) is 1. The van der Waals surface area contributed by atoms with Gasteiger partial charge in [-0.15, -0.1) is 0 Å². The zero-order chi connectivity index (χ0) is 27.1. The van der Waals surface area contributed by atoms with Crippen molar-refractivity contribution in [3.63, 3.8) is 0 Å². The van der Waals surface area contributed by atoms with Crippen LogP contribution in [0.25, 0.3) is 10.9 Å². The van der Waals surface area contributed by atoms with Crippen LogP contribution in [0.15, 0.2) is 47.3 Å². The molecule has 3 aromatic rings. The van der Waals surface area contributed by atoms with Gasteiger partial charge in [-0.3, -0.25) is 19.7 Å². The Labute approximate surface area is 210 Å². The average molecular weight is 512 g/mol. The lowest BCUT2D eigenvalue weighted by Gasteiger charge is -2.15. The Bertz CT molecular complexity index is 1430. The van der Waals surface area contributed by atoms with Gasteiger partial charge in [0.2, 0.25) is 0 Å². The maximum absolute atomic E-state index is 13.1. The summed E-state index contributed by atoms with van der Waals surface area (Å²) >= 11 is 0. The molecule has 0 saturated heterocycles. The van der Waals surface area contributed by atoms with Crippen LogP contribution in [0.5, 0.6) is 11.5 Å². The molecule has 0 amide bonds. The van der Waals surface area contributed by atoms with Crippen LogP contribution >= 0.6 is 0 Å². The molecule has 0 aliphatic carbocycles. The van der Waals surface area contributed by atoms with Gasteiger partial charge in [0, 0.05) is 23.9 Å². The molecule has 37 heavy (non-hydrogen) atoms. The molecule has 0 atom stereocenters. The molecule has 0 N–H and O–H groups in total. The minimum atomic E-state index is -0.763. The number of nitro benzene ring substituents is 1. The molecule has 1 aromatic heterocycles. The third-order valence-electron chi connectivity index (χ3n) is 5.42. The number of methoxy groups -OCH3 is 2. The second-order valence-corrected chi connectivity index (χ2v) is 7.69. The molecular weight excluding hydrogens is 488 g/mol. The van der Waals surface area contributed by atoms with E-state index in [2.05, 4.69) is 4.74 Å². The molecule has 12 nitrogen and oxygen atoms in total. The van der Waals surface area contributed by atoms with E-state index in [1.54, 1.807) is 6.92 Å². The first-order chi connectivity index (χ1) is 17.7. The maximum atomic E-state index is 13.1. The highest BCUT2D eigenvalue weighted by Gasteiger charge is 2.20. The van der Waals surface area contributed by atoms with Crippen LogP contribution in [0.4, 0.5) is 5.69 Å². The van der Waals surface area contributed by atoms with E-state index in [1.165, 1.54) is 61.3 Å². The van der Waals surface area contributed by atoms with Crippen molar-refractivity contribution in [1.82, 2.24) is 4.57 Å². The summed E-state index contributed by atoms with van der Waals surface area (Å²) in [5.41, 5.74) is -0.393. The van der Waals surface area contributed by atoms with Gasteiger partial charge in [-0.2, -0.15) is 0 Å². The number of hydrogen-bond acceptors (Lipinski definition) is 10. The van der Waals surface area contributed by atoms with Crippen molar-refractivity contribution in [3.8, 4) is 11.5 Å². The summed E-state index contributed by atoms with van der Waals surface area (Å²) in [6.45, 7) is 1.29. The number of esters is 2. The maximum Gasteiger partial charge on any atom is 0.338 e. The number of benzene rings is 2. The molecule has 3 rings (SSSR count). The number of ether oxygens (including phenoxy) is 4. The quantitative estimate of drug-likeness (QED) is 0.213. The van der Waals surface area contributed by atoms with E-state index >= 15 is 0 Å². The molecule has 0 fully saturated rings. The van der Waals surface area contributed by atoms with Gasteiger partial charge in [0.25, 0.3) is 11.2 Å². The minimum absolute atomic E-state index is 0.00161. The third-order valence-corrected chi connectivity index (χ3v) is 5.42. The van der Waals surface area contributed by atoms with Crippen LogP contribution in [-0.4, -0.2) is 54.6 Å². The Morgan fingerprint density at radius 2 is 1.65 bits per heavy atom. The smallest absolute Gasteiger partial charge is 0.338 e. The van der Waals surface area contributed by atoms with Crippen molar-refractivity contribution in [2.24, 2.45) is 0 Å². The first-order valence-electron chi connectivity index (χ1n) is 11.1. The van der Waals surface area contributed by atoms with Crippen molar-refractivity contribution < 1.29 is 38.3 Å². The summed E-state index contributed by atoms with van der Waals surface area (Å²) in [4.78, 5) is 59.5. The molecular formula is C25H24N2O10. The standard InChI is InChI=1S/C25H24N2O10/c1-4-17(28)14-37-22-12-15-11-16(27(32)33)5-8-21(15)26(23(22)29)9-10-36-18-6-7-19(24(30)34-2)20(13-18)25(31)35-3/h5-8,11-13H,4,9-10,14H2,1-3H3. The summed E-state index contributed by atoms with van der Waals surface area (Å²) in [5.74, 6) is -1.61. The van der Waals surface area contributed by atoms with Crippen molar-refractivity contribution in [1.29, 1.82) is 0 Å². The third kappa shape index (κ3) is 6.10. The lowest BCUT2D eigenvalue weighted by Crippen LogP contribution is -2.26. The van der Waals surface area contributed by atoms with Crippen LogP contribution in [0.2, 0.25) is 0 Å². The molecule has 0 aliphatic heterocycles. The Hall–Kier alpha value is -4.74. The monoisotopic (exact) mass is 512 g/mol. The van der Waals surface area contributed by atoms with Gasteiger partial charge >= 0.3 is 11.9 Å². The van der Waals surface area contributed by atoms with Crippen molar-refractivity contribution >= 4 is 34.3 Å². The Morgan fingerprint density at radius 3 is 2.30 bits per heavy atom. The summed E-state index contributed by atoms with van der Waals surface area (Å²) in [6.07, 6.45) is 0.226. The molecule has 12 heteroatoms. The van der Waals surface area contributed by atoms with Crippen LogP contribution < -0.4 is 15.0 Å². The number of pyridine rings is 1. The Balaban J connectivity index is 1.92. The largest absolute Gasteiger partial charge is 0.492 e. The fourth-order valence-electron chi connectivity index (χ4n) is 3.48. The fourth-order valence-corrected chi connectivity index (χ4v) is 3.48. The van der Waals surface area contributed by atoms with Gasteiger partial charge in [-0.05, 0) is 30.3 Å². The molecule has 1 heterocycles. The minimum Gasteiger partial charge on any atom is -0.492 e. The van der Waals surface area contributed by atoms with E-state index in [4.69, 9.17) is 14.2 Å². The summed E-state index contributed by atoms with van der Waals surface area (Å²) in [6, 6.07) is 9.50. The number of hydrogen-bond donors (Lipinski definition) is 0. The van der Waals surface area contributed by atoms with E-state index in [1.807, 2.05) is 0 Å². The molecule has 0 spiro atoms. The zero-order valence-corrected chi connectivity index (χ0v) is 20.3. The molecule has 0 aliphatic rings. The summed E-state index contributed by atoms with van der Waals surface area (Å²) in [7, 11) is 2.35. The molecule has 2 aromatic carbocycles. The van der Waals surface area contributed by atoms with Gasteiger partial charge in [0.15, 0.2) is 11.5 Å². The van der Waals surface area contributed by atoms with Gasteiger partial charge in [-0.25, -0.2) is 9.59 Å². The first-order valence-corrected chi connectivity index (χ1v) is 11.1. The SMILES string of the molecule is CCC(=O)COc1cc2cc([N+](=O)[O-])ccc2n(CCOc2ccc(C(=O)OC)c(C(=O)OC)c2)c1=O. The summed E-state index contributed by atoms with van der Waals surface area (Å²) < 4.78 is 21.8. The Kier molecular flexibility index (Phi) is 8.56. The highest BCUT2D eigenvalue weighted by atomic mass is 16.6. The number of carbonyl (C=O) groups excluding carboxylic acids is 3. The van der Waals surface area contributed by atoms with Crippen molar-refractivity contribution in [3.05, 3.63) is 74.1 Å². The van der Waals surface area contributed by atoms with E-state index in [9.17, 15) is 29.3 Å². The van der Waals surface area contributed by atoms with Gasteiger partial charge in [0.1, 0.15) is 19.0 Å².